The van der Waals surface area contributed by atoms with Gasteiger partial charge < -0.3 is 18.9 Å². The van der Waals surface area contributed by atoms with Gasteiger partial charge in [0.15, 0.2) is 17.8 Å². The Labute approximate surface area is 169 Å². The number of fused-ring (bicyclic) bond motifs is 1. The van der Waals surface area contributed by atoms with E-state index in [4.69, 9.17) is 18.9 Å². The van der Waals surface area contributed by atoms with Crippen molar-refractivity contribution in [3.63, 3.8) is 0 Å². The molecule has 1 saturated heterocycles. The first kappa shape index (κ1) is 20.4. The lowest BCUT2D eigenvalue weighted by Gasteiger charge is -2.25. The van der Waals surface area contributed by atoms with Gasteiger partial charge in [0.2, 0.25) is 0 Å². The summed E-state index contributed by atoms with van der Waals surface area (Å²) in [6.07, 6.45) is 12.3. The van der Waals surface area contributed by atoms with Crippen molar-refractivity contribution in [3.8, 4) is 0 Å². The zero-order chi connectivity index (χ0) is 19.3. The van der Waals surface area contributed by atoms with Gasteiger partial charge in [-0.25, -0.2) is 0 Å². The van der Waals surface area contributed by atoms with Crippen LogP contribution in [0.15, 0.2) is 11.8 Å². The first-order chi connectivity index (χ1) is 13.7. The van der Waals surface area contributed by atoms with Crippen LogP contribution in [0.25, 0.3) is 0 Å². The molecule has 4 aliphatic rings. The molecule has 0 aromatic heterocycles. The number of ether oxygens (including phenoxy) is 4. The molecule has 2 aliphatic heterocycles. The highest BCUT2D eigenvalue weighted by Gasteiger charge is 2.43. The molecule has 0 N–H and O–H groups in total. The van der Waals surface area contributed by atoms with E-state index in [2.05, 4.69) is 13.0 Å². The van der Waals surface area contributed by atoms with Gasteiger partial charge >= 0.3 is 0 Å². The molecule has 5 heteroatoms. The van der Waals surface area contributed by atoms with Crippen molar-refractivity contribution < 1.29 is 23.7 Å². The number of carbonyl (C=O) groups is 1. The predicted octanol–water partition coefficient (Wildman–Crippen LogP) is 4.39. The van der Waals surface area contributed by atoms with Gasteiger partial charge in [-0.1, -0.05) is 0 Å². The fraction of sp³-hybridized carbons (Fsp3) is 0.870. The molecule has 2 bridgehead atoms. The smallest absolute Gasteiger partial charge is 0.199 e. The summed E-state index contributed by atoms with van der Waals surface area (Å²) in [7, 11) is 0. The predicted molar refractivity (Wildman–Crippen MR) is 106 cm³/mol. The average Bonchev–Trinajstić information content (AvgIpc) is 3.26. The van der Waals surface area contributed by atoms with Crippen LogP contribution in [0, 0.1) is 17.8 Å². The number of Topliss-reactive ketones (excluding diaryl/α,β-unsaturated/α-hetero) is 1. The SMILES string of the molecule is CC1CCCC(=O)/C(OC2CCCCO2)=C/[C@H]2CCC3CC(CC32)OCCO1. The summed E-state index contributed by atoms with van der Waals surface area (Å²) in [6, 6.07) is 0. The molecule has 5 unspecified atom stereocenters. The number of ketones is 1. The first-order valence-electron chi connectivity index (χ1n) is 11.5. The molecule has 0 aromatic rings. The molecule has 2 saturated carbocycles. The van der Waals surface area contributed by atoms with Crippen LogP contribution < -0.4 is 0 Å². The average molecular weight is 393 g/mol. The molecule has 3 fully saturated rings. The monoisotopic (exact) mass is 392 g/mol. The molecular formula is C23H36O5. The second-order valence-corrected chi connectivity index (χ2v) is 9.07. The van der Waals surface area contributed by atoms with Gasteiger partial charge in [0, 0.05) is 12.8 Å². The highest BCUT2D eigenvalue weighted by molar-refractivity contribution is 5.93. The third-order valence-corrected chi connectivity index (χ3v) is 7.02. The Kier molecular flexibility index (Phi) is 7.08. The van der Waals surface area contributed by atoms with E-state index in [0.717, 1.165) is 63.9 Å². The summed E-state index contributed by atoms with van der Waals surface area (Å²) < 4.78 is 23.9. The molecule has 0 amide bonds. The number of hydrogen-bond acceptors (Lipinski definition) is 5. The van der Waals surface area contributed by atoms with Crippen molar-refractivity contribution in [2.24, 2.45) is 17.8 Å². The van der Waals surface area contributed by atoms with Crippen molar-refractivity contribution in [1.29, 1.82) is 0 Å². The van der Waals surface area contributed by atoms with E-state index in [-0.39, 0.29) is 18.2 Å². The van der Waals surface area contributed by atoms with E-state index < -0.39 is 0 Å². The third-order valence-electron chi connectivity index (χ3n) is 7.02. The molecule has 28 heavy (non-hydrogen) atoms. The molecule has 4 rings (SSSR count). The molecule has 6 atom stereocenters. The van der Waals surface area contributed by atoms with Crippen LogP contribution in [0.1, 0.15) is 71.1 Å². The lowest BCUT2D eigenvalue weighted by atomic mass is 9.91. The van der Waals surface area contributed by atoms with Gasteiger partial charge in [-0.15, -0.1) is 0 Å². The fourth-order valence-corrected chi connectivity index (χ4v) is 5.48. The Balaban J connectivity index is 1.49. The third kappa shape index (κ3) is 5.17. The quantitative estimate of drug-likeness (QED) is 0.697. The summed E-state index contributed by atoms with van der Waals surface area (Å²) >= 11 is 0. The maximum absolute atomic E-state index is 13.0. The molecule has 5 nitrogen and oxygen atoms in total. The van der Waals surface area contributed by atoms with Crippen molar-refractivity contribution in [3.05, 3.63) is 11.8 Å². The maximum atomic E-state index is 13.0. The number of allylic oxidation sites excluding steroid dienone is 2. The van der Waals surface area contributed by atoms with Gasteiger partial charge in [0.1, 0.15) is 0 Å². The summed E-state index contributed by atoms with van der Waals surface area (Å²) in [5.41, 5.74) is 0. The van der Waals surface area contributed by atoms with Crippen LogP contribution in [0.2, 0.25) is 0 Å². The number of rotatable bonds is 2. The Hall–Kier alpha value is -0.910. The second-order valence-electron chi connectivity index (χ2n) is 9.07. The van der Waals surface area contributed by atoms with E-state index >= 15 is 0 Å². The molecule has 0 spiro atoms. The molecular weight excluding hydrogens is 356 g/mol. The lowest BCUT2D eigenvalue weighted by molar-refractivity contribution is -0.150. The zero-order valence-electron chi connectivity index (χ0n) is 17.3. The van der Waals surface area contributed by atoms with Gasteiger partial charge in [0.25, 0.3) is 0 Å². The standard InChI is InChI=1S/C23H36O5/c1-16-5-4-6-21(24)22(28-23-7-2-3-10-27-23)14-18-9-8-17-13-19(15-20(17)18)26-12-11-25-16/h14,16-20,23H,2-13,15H2,1H3/b22-14-/t16?,17?,18-,19?,20?,23?/m1/s1. The van der Waals surface area contributed by atoms with Crippen molar-refractivity contribution in [2.45, 2.75) is 89.6 Å². The molecule has 2 aliphatic carbocycles. The van der Waals surface area contributed by atoms with Crippen molar-refractivity contribution in [2.75, 3.05) is 19.8 Å². The van der Waals surface area contributed by atoms with Crippen LogP contribution in [-0.4, -0.2) is 44.1 Å². The van der Waals surface area contributed by atoms with Crippen LogP contribution in [0.3, 0.4) is 0 Å². The fourth-order valence-electron chi connectivity index (χ4n) is 5.48. The molecule has 0 aromatic carbocycles. The largest absolute Gasteiger partial charge is 0.462 e. The maximum Gasteiger partial charge on any atom is 0.199 e. The molecule has 2 heterocycles. The molecule has 0 radical (unpaired) electrons. The number of hydrogen-bond donors (Lipinski definition) is 0. The van der Waals surface area contributed by atoms with Crippen LogP contribution in [0.4, 0.5) is 0 Å². The van der Waals surface area contributed by atoms with Crippen LogP contribution in [-0.2, 0) is 23.7 Å². The van der Waals surface area contributed by atoms with Crippen LogP contribution in [0.5, 0.6) is 0 Å². The minimum absolute atomic E-state index is 0.130. The van der Waals surface area contributed by atoms with E-state index in [1.807, 2.05) is 0 Å². The second kappa shape index (κ2) is 9.73. The van der Waals surface area contributed by atoms with Gasteiger partial charge in [-0.3, -0.25) is 4.79 Å². The van der Waals surface area contributed by atoms with Crippen molar-refractivity contribution in [1.82, 2.24) is 0 Å². The van der Waals surface area contributed by atoms with Crippen LogP contribution >= 0.6 is 0 Å². The highest BCUT2D eigenvalue weighted by atomic mass is 16.7. The Morgan fingerprint density at radius 1 is 0.929 bits per heavy atom. The van der Waals surface area contributed by atoms with Crippen molar-refractivity contribution >= 4 is 5.78 Å². The van der Waals surface area contributed by atoms with E-state index in [1.54, 1.807) is 0 Å². The molecule has 158 valence electrons. The lowest BCUT2D eigenvalue weighted by Crippen LogP contribution is -2.25. The van der Waals surface area contributed by atoms with Gasteiger partial charge in [-0.2, -0.15) is 0 Å². The number of carbonyl (C=O) groups excluding carboxylic acids is 1. The van der Waals surface area contributed by atoms with Gasteiger partial charge in [-0.05, 0) is 82.1 Å². The van der Waals surface area contributed by atoms with E-state index in [1.165, 1.54) is 6.42 Å². The van der Waals surface area contributed by atoms with E-state index in [0.29, 0.717) is 43.3 Å². The topological polar surface area (TPSA) is 54.0 Å². The van der Waals surface area contributed by atoms with Gasteiger partial charge in [0.05, 0.1) is 32.0 Å². The minimum atomic E-state index is -0.259. The normalized spacial score (nSPS) is 42.3. The summed E-state index contributed by atoms with van der Waals surface area (Å²) in [6.45, 7) is 4.14. The summed E-state index contributed by atoms with van der Waals surface area (Å²) in [5.74, 6) is 2.47. The highest BCUT2D eigenvalue weighted by Crippen LogP contribution is 2.49. The Bertz CT molecular complexity index is 553. The minimum Gasteiger partial charge on any atom is -0.462 e. The summed E-state index contributed by atoms with van der Waals surface area (Å²) in [5, 5.41) is 0. The first-order valence-corrected chi connectivity index (χ1v) is 11.5. The Morgan fingerprint density at radius 3 is 2.68 bits per heavy atom. The Morgan fingerprint density at radius 2 is 1.82 bits per heavy atom. The summed E-state index contributed by atoms with van der Waals surface area (Å²) in [4.78, 5) is 13.0. The zero-order valence-corrected chi connectivity index (χ0v) is 17.3. The van der Waals surface area contributed by atoms with E-state index in [9.17, 15) is 4.79 Å².